The van der Waals surface area contributed by atoms with Crippen molar-refractivity contribution in [3.63, 3.8) is 0 Å². The average Bonchev–Trinajstić information content (AvgIpc) is 3.01. The van der Waals surface area contributed by atoms with Crippen LogP contribution < -0.4 is 10.6 Å². The van der Waals surface area contributed by atoms with Crippen LogP contribution >= 0.6 is 23.2 Å². The molecule has 130 valence electrons. The van der Waals surface area contributed by atoms with Crippen LogP contribution in [0.4, 0.5) is 5.82 Å². The number of nitrogens with two attached hydrogens (primary N) is 1. The number of pyridine rings is 1. The molecule has 3 N–H and O–H groups in total. The molecule has 4 rings (SSSR count). The lowest BCUT2D eigenvalue weighted by molar-refractivity contribution is 0.363. The largest absolute Gasteiger partial charge is 0.355 e. The number of rotatable bonds is 2. The fourth-order valence-electron chi connectivity index (χ4n) is 3.29. The molecule has 0 spiro atoms. The number of H-pyrrole nitrogens is 1. The van der Waals surface area contributed by atoms with Crippen molar-refractivity contribution >= 4 is 39.9 Å². The van der Waals surface area contributed by atoms with E-state index in [1.807, 2.05) is 24.4 Å². The highest BCUT2D eigenvalue weighted by molar-refractivity contribution is 6.43. The molecule has 2 aromatic heterocycles. The molecule has 1 fully saturated rings. The van der Waals surface area contributed by atoms with Gasteiger partial charge in [0.15, 0.2) is 5.82 Å². The number of nitrogens with zero attached hydrogens (tertiary/aromatic N) is 3. The van der Waals surface area contributed by atoms with Gasteiger partial charge in [-0.25, -0.2) is 4.98 Å². The quantitative estimate of drug-likeness (QED) is 0.702. The van der Waals surface area contributed by atoms with Crippen molar-refractivity contribution in [1.29, 1.82) is 0 Å². The summed E-state index contributed by atoms with van der Waals surface area (Å²) in [5.74, 6) is 0.907. The Morgan fingerprint density at radius 2 is 1.96 bits per heavy atom. The Hall–Kier alpha value is -1.82. The van der Waals surface area contributed by atoms with Crippen LogP contribution in [-0.2, 0) is 0 Å². The molecule has 3 aromatic rings. The average molecular weight is 376 g/mol. The topological polar surface area (TPSA) is 70.8 Å². The second-order valence-electron chi connectivity index (χ2n) is 6.87. The van der Waals surface area contributed by atoms with Gasteiger partial charge >= 0.3 is 0 Å². The van der Waals surface area contributed by atoms with Gasteiger partial charge in [-0.2, -0.15) is 5.10 Å². The lowest BCUT2D eigenvalue weighted by atomic mass is 9.91. The lowest BCUT2D eigenvalue weighted by Crippen LogP contribution is -2.48. The van der Waals surface area contributed by atoms with Crippen LogP contribution in [0.25, 0.3) is 22.2 Å². The molecule has 0 amide bonds. The minimum Gasteiger partial charge on any atom is -0.355 e. The Morgan fingerprint density at radius 1 is 1.20 bits per heavy atom. The number of halogens is 2. The molecule has 1 aliphatic rings. The van der Waals surface area contributed by atoms with Gasteiger partial charge in [-0.15, -0.1) is 0 Å². The molecule has 1 saturated heterocycles. The number of nitrogens with one attached hydrogen (secondary N) is 1. The van der Waals surface area contributed by atoms with Crippen molar-refractivity contribution < 1.29 is 0 Å². The summed E-state index contributed by atoms with van der Waals surface area (Å²) in [5, 5.41) is 9.63. The monoisotopic (exact) mass is 375 g/mol. The maximum atomic E-state index is 6.38. The van der Waals surface area contributed by atoms with Gasteiger partial charge in [0.05, 0.1) is 10.0 Å². The van der Waals surface area contributed by atoms with E-state index >= 15 is 0 Å². The molecule has 0 saturated carbocycles. The highest BCUT2D eigenvalue weighted by atomic mass is 35.5. The number of piperidine rings is 1. The van der Waals surface area contributed by atoms with Crippen molar-refractivity contribution in [1.82, 2.24) is 15.2 Å². The Labute approximate surface area is 156 Å². The number of aromatic nitrogens is 3. The second-order valence-corrected chi connectivity index (χ2v) is 7.66. The van der Waals surface area contributed by atoms with Gasteiger partial charge < -0.3 is 10.6 Å². The number of hydrogen-bond acceptors (Lipinski definition) is 4. The summed E-state index contributed by atoms with van der Waals surface area (Å²) in [7, 11) is 0. The first-order chi connectivity index (χ1) is 12.0. The first-order valence-electron chi connectivity index (χ1n) is 8.27. The summed E-state index contributed by atoms with van der Waals surface area (Å²) in [4.78, 5) is 6.84. The number of aromatic amines is 1. The summed E-state index contributed by atoms with van der Waals surface area (Å²) < 4.78 is 0. The van der Waals surface area contributed by atoms with Crippen LogP contribution in [0.3, 0.4) is 0 Å². The third-order valence-electron chi connectivity index (χ3n) is 4.88. The number of hydrogen-bond donors (Lipinski definition) is 2. The molecule has 1 aromatic carbocycles. The van der Waals surface area contributed by atoms with Crippen LogP contribution in [0.5, 0.6) is 0 Å². The van der Waals surface area contributed by atoms with Crippen molar-refractivity contribution in [3.05, 3.63) is 40.5 Å². The van der Waals surface area contributed by atoms with Crippen LogP contribution in [0.2, 0.25) is 10.0 Å². The zero-order valence-corrected chi connectivity index (χ0v) is 15.4. The van der Waals surface area contributed by atoms with Crippen LogP contribution in [-0.4, -0.2) is 33.8 Å². The third kappa shape index (κ3) is 2.97. The van der Waals surface area contributed by atoms with E-state index < -0.39 is 0 Å². The highest BCUT2D eigenvalue weighted by Gasteiger charge is 2.28. The van der Waals surface area contributed by atoms with Gasteiger partial charge in [0.25, 0.3) is 0 Å². The van der Waals surface area contributed by atoms with Gasteiger partial charge in [-0.1, -0.05) is 35.3 Å². The highest BCUT2D eigenvalue weighted by Crippen LogP contribution is 2.37. The molecule has 0 unspecified atom stereocenters. The molecular formula is C18H19Cl2N5. The smallest absolute Gasteiger partial charge is 0.154 e. The summed E-state index contributed by atoms with van der Waals surface area (Å²) in [6, 6.07) is 7.52. The van der Waals surface area contributed by atoms with E-state index in [4.69, 9.17) is 28.9 Å². The van der Waals surface area contributed by atoms with Gasteiger partial charge in [-0.3, -0.25) is 5.10 Å². The molecule has 3 heterocycles. The molecular weight excluding hydrogens is 357 g/mol. The summed E-state index contributed by atoms with van der Waals surface area (Å²) in [6.07, 6.45) is 3.68. The van der Waals surface area contributed by atoms with Gasteiger partial charge in [-0.05, 0) is 31.9 Å². The first kappa shape index (κ1) is 16.6. The van der Waals surface area contributed by atoms with E-state index in [1.54, 1.807) is 6.07 Å². The normalized spacial score (nSPS) is 17.2. The Morgan fingerprint density at radius 3 is 2.72 bits per heavy atom. The summed E-state index contributed by atoms with van der Waals surface area (Å²) in [6.45, 7) is 3.87. The van der Waals surface area contributed by atoms with E-state index in [0.29, 0.717) is 10.0 Å². The van der Waals surface area contributed by atoms with E-state index in [2.05, 4.69) is 27.0 Å². The van der Waals surface area contributed by atoms with Gasteiger partial charge in [0.1, 0.15) is 11.2 Å². The molecule has 5 nitrogen and oxygen atoms in total. The third-order valence-corrected chi connectivity index (χ3v) is 5.70. The van der Waals surface area contributed by atoms with E-state index in [1.165, 1.54) is 0 Å². The molecule has 0 bridgehead atoms. The van der Waals surface area contributed by atoms with Gasteiger partial charge in [0, 0.05) is 35.8 Å². The van der Waals surface area contributed by atoms with E-state index in [0.717, 1.165) is 53.9 Å². The molecule has 25 heavy (non-hydrogen) atoms. The van der Waals surface area contributed by atoms with Gasteiger partial charge in [0.2, 0.25) is 0 Å². The zero-order valence-electron chi connectivity index (χ0n) is 13.9. The molecule has 0 aliphatic carbocycles. The molecule has 1 aliphatic heterocycles. The van der Waals surface area contributed by atoms with E-state index in [-0.39, 0.29) is 5.54 Å². The maximum Gasteiger partial charge on any atom is 0.154 e. The maximum absolute atomic E-state index is 6.38. The van der Waals surface area contributed by atoms with Crippen LogP contribution in [0.15, 0.2) is 30.5 Å². The minimum absolute atomic E-state index is 0.0994. The van der Waals surface area contributed by atoms with E-state index in [9.17, 15) is 0 Å². The van der Waals surface area contributed by atoms with Crippen molar-refractivity contribution in [2.75, 3.05) is 18.0 Å². The zero-order chi connectivity index (χ0) is 17.6. The Bertz CT molecular complexity index is 924. The number of fused-ring (bicyclic) bond motifs is 1. The molecule has 7 heteroatoms. The van der Waals surface area contributed by atoms with Crippen molar-refractivity contribution in [3.8, 4) is 11.3 Å². The van der Waals surface area contributed by atoms with Crippen LogP contribution in [0.1, 0.15) is 19.8 Å². The standard InChI is InChI=1S/C18H19Cl2N5/c1-18(21)6-9-25(10-7-18)17-16-12(5-8-22-17)15(23-24-16)11-3-2-4-13(19)14(11)20/h2-5,8H,6-7,9-10,21H2,1H3,(H,23,24). The Kier molecular flexibility index (Phi) is 4.10. The summed E-state index contributed by atoms with van der Waals surface area (Å²) in [5.41, 5.74) is 8.65. The Balaban J connectivity index is 1.78. The fourth-order valence-corrected chi connectivity index (χ4v) is 3.68. The number of anilines is 1. The number of benzene rings is 1. The fraction of sp³-hybridized carbons (Fsp3) is 0.333. The molecule has 0 radical (unpaired) electrons. The van der Waals surface area contributed by atoms with Crippen LogP contribution in [0, 0.1) is 0 Å². The predicted octanol–water partition coefficient (Wildman–Crippen LogP) is 4.25. The van der Waals surface area contributed by atoms with Crippen molar-refractivity contribution in [2.45, 2.75) is 25.3 Å². The minimum atomic E-state index is -0.0994. The second kappa shape index (κ2) is 6.16. The SMILES string of the molecule is CC1(N)CCN(c2nccc3c(-c4cccc(Cl)c4Cl)n[nH]c23)CC1. The van der Waals surface area contributed by atoms with Crippen molar-refractivity contribution in [2.24, 2.45) is 5.73 Å². The predicted molar refractivity (Wildman–Crippen MR) is 103 cm³/mol. The lowest BCUT2D eigenvalue weighted by Gasteiger charge is -2.37. The molecule has 0 atom stereocenters. The summed E-state index contributed by atoms with van der Waals surface area (Å²) >= 11 is 12.5. The first-order valence-corrected chi connectivity index (χ1v) is 9.03.